The Balaban J connectivity index is 0.00000112. The molecule has 1 spiro atoms. The molecule has 6 heteroatoms. The Bertz CT molecular complexity index is 231. The predicted molar refractivity (Wildman–Crippen MR) is 57.0 cm³/mol. The molecule has 88 valence electrons. The van der Waals surface area contributed by atoms with Crippen LogP contribution in [0.4, 0.5) is 0 Å². The van der Waals surface area contributed by atoms with Crippen LogP contribution in [0.3, 0.4) is 0 Å². The van der Waals surface area contributed by atoms with Gasteiger partial charge in [0, 0.05) is 13.0 Å². The van der Waals surface area contributed by atoms with Gasteiger partial charge in [-0.15, -0.1) is 12.4 Å². The van der Waals surface area contributed by atoms with E-state index in [1.165, 1.54) is 0 Å². The summed E-state index contributed by atoms with van der Waals surface area (Å²) in [6.07, 6.45) is 0.794. The zero-order chi connectivity index (χ0) is 10.0. The summed E-state index contributed by atoms with van der Waals surface area (Å²) in [5.74, 6) is -0.368. The lowest BCUT2D eigenvalue weighted by Gasteiger charge is -2.22. The van der Waals surface area contributed by atoms with Crippen molar-refractivity contribution in [3.05, 3.63) is 0 Å². The summed E-state index contributed by atoms with van der Waals surface area (Å²) in [6.45, 7) is 2.99. The van der Waals surface area contributed by atoms with Gasteiger partial charge in [0.2, 0.25) is 5.91 Å². The molecular weight excluding hydrogens is 220 g/mol. The van der Waals surface area contributed by atoms with Crippen molar-refractivity contribution in [2.75, 3.05) is 39.9 Å². The third-order valence-corrected chi connectivity index (χ3v) is 2.69. The average molecular weight is 237 g/mol. The van der Waals surface area contributed by atoms with Gasteiger partial charge in [-0.05, 0) is 7.05 Å². The first kappa shape index (κ1) is 12.7. The first-order chi connectivity index (χ1) is 6.76. The summed E-state index contributed by atoms with van der Waals surface area (Å²) in [4.78, 5) is 13.3. The number of likely N-dealkylation sites (N-methyl/N-ethyl adjacent to an activating group) is 1. The lowest BCUT2D eigenvalue weighted by Crippen LogP contribution is -2.40. The molecule has 2 saturated heterocycles. The van der Waals surface area contributed by atoms with Gasteiger partial charge >= 0.3 is 0 Å². The molecule has 2 aliphatic heterocycles. The van der Waals surface area contributed by atoms with Gasteiger partial charge in [0.15, 0.2) is 5.79 Å². The molecule has 0 aromatic heterocycles. The van der Waals surface area contributed by atoms with E-state index in [-0.39, 0.29) is 18.3 Å². The Morgan fingerprint density at radius 2 is 2.13 bits per heavy atom. The molecule has 0 aromatic carbocycles. The zero-order valence-electron chi connectivity index (χ0n) is 8.82. The first-order valence-electron chi connectivity index (χ1n) is 4.96. The van der Waals surface area contributed by atoms with E-state index in [1.807, 2.05) is 0 Å². The molecule has 0 atom stereocenters. The maximum absolute atomic E-state index is 11.5. The molecule has 2 heterocycles. The van der Waals surface area contributed by atoms with E-state index in [0.717, 1.165) is 13.0 Å². The number of hydrogen-bond acceptors (Lipinski definition) is 4. The lowest BCUT2D eigenvalue weighted by atomic mass is 10.2. The summed E-state index contributed by atoms with van der Waals surface area (Å²) < 4.78 is 11.0. The maximum atomic E-state index is 11.5. The minimum absolute atomic E-state index is 0. The number of carbonyl (C=O) groups excluding carboxylic acids is 1. The van der Waals surface area contributed by atoms with Gasteiger partial charge in [-0.2, -0.15) is 0 Å². The minimum Gasteiger partial charge on any atom is -0.346 e. The van der Waals surface area contributed by atoms with Crippen LogP contribution in [0.15, 0.2) is 0 Å². The maximum Gasteiger partial charge on any atom is 0.236 e. The molecule has 0 aliphatic carbocycles. The average Bonchev–Trinajstić information content (AvgIpc) is 2.78. The largest absolute Gasteiger partial charge is 0.346 e. The Kier molecular flexibility index (Phi) is 4.33. The van der Waals surface area contributed by atoms with Gasteiger partial charge in [0.05, 0.1) is 26.3 Å². The van der Waals surface area contributed by atoms with Crippen molar-refractivity contribution in [1.29, 1.82) is 0 Å². The van der Waals surface area contributed by atoms with E-state index in [4.69, 9.17) is 9.47 Å². The van der Waals surface area contributed by atoms with Gasteiger partial charge in [-0.1, -0.05) is 0 Å². The van der Waals surface area contributed by atoms with Crippen LogP contribution in [0, 0.1) is 0 Å². The molecule has 0 unspecified atom stereocenters. The monoisotopic (exact) mass is 236 g/mol. The molecule has 0 aromatic rings. The van der Waals surface area contributed by atoms with E-state index in [2.05, 4.69) is 5.32 Å². The van der Waals surface area contributed by atoms with Gasteiger partial charge in [-0.3, -0.25) is 4.79 Å². The number of carbonyl (C=O) groups is 1. The second-order valence-corrected chi connectivity index (χ2v) is 3.70. The second-order valence-electron chi connectivity index (χ2n) is 3.70. The zero-order valence-corrected chi connectivity index (χ0v) is 9.64. The van der Waals surface area contributed by atoms with Crippen LogP contribution in [-0.4, -0.2) is 56.5 Å². The number of halogens is 1. The highest BCUT2D eigenvalue weighted by Crippen LogP contribution is 2.30. The number of rotatable bonds is 2. The number of nitrogens with one attached hydrogen (secondary N) is 1. The summed E-state index contributed by atoms with van der Waals surface area (Å²) >= 11 is 0. The van der Waals surface area contributed by atoms with E-state index >= 15 is 0 Å². The van der Waals surface area contributed by atoms with Gasteiger partial charge in [0.1, 0.15) is 0 Å². The predicted octanol–water partition coefficient (Wildman–Crippen LogP) is -0.397. The number of amides is 1. The fourth-order valence-corrected chi connectivity index (χ4v) is 1.96. The van der Waals surface area contributed by atoms with Crippen molar-refractivity contribution in [3.63, 3.8) is 0 Å². The van der Waals surface area contributed by atoms with Crippen LogP contribution in [0.5, 0.6) is 0 Å². The highest BCUT2D eigenvalue weighted by atomic mass is 35.5. The van der Waals surface area contributed by atoms with E-state index in [9.17, 15) is 4.79 Å². The number of nitrogens with zero attached hydrogens (tertiary/aromatic N) is 1. The molecule has 1 N–H and O–H groups in total. The number of ether oxygens (including phenoxy) is 2. The van der Waals surface area contributed by atoms with Crippen molar-refractivity contribution in [2.24, 2.45) is 0 Å². The standard InChI is InChI=1S/C9H16N2O3.ClH/c1-10-6-8(12)11-3-2-9(7-11)13-4-5-14-9;/h10H,2-7H2,1H3;1H. The Labute approximate surface area is 95.5 Å². The van der Waals surface area contributed by atoms with E-state index in [0.29, 0.717) is 26.3 Å². The second kappa shape index (κ2) is 5.12. The van der Waals surface area contributed by atoms with Crippen LogP contribution >= 0.6 is 12.4 Å². The number of hydrogen-bond donors (Lipinski definition) is 1. The van der Waals surface area contributed by atoms with Crippen LogP contribution in [0.25, 0.3) is 0 Å². The fourth-order valence-electron chi connectivity index (χ4n) is 1.96. The molecule has 2 rings (SSSR count). The van der Waals surface area contributed by atoms with Gasteiger partial charge in [-0.25, -0.2) is 0 Å². The summed E-state index contributed by atoms with van der Waals surface area (Å²) in [7, 11) is 1.77. The summed E-state index contributed by atoms with van der Waals surface area (Å²) in [6, 6.07) is 0. The Morgan fingerprint density at radius 3 is 2.73 bits per heavy atom. The smallest absolute Gasteiger partial charge is 0.236 e. The summed E-state index contributed by atoms with van der Waals surface area (Å²) in [5, 5.41) is 2.85. The third kappa shape index (κ3) is 2.60. The van der Waals surface area contributed by atoms with Crippen molar-refractivity contribution in [1.82, 2.24) is 10.2 Å². The van der Waals surface area contributed by atoms with Crippen LogP contribution in [-0.2, 0) is 14.3 Å². The fraction of sp³-hybridized carbons (Fsp3) is 0.889. The van der Waals surface area contributed by atoms with Gasteiger partial charge in [0.25, 0.3) is 0 Å². The highest BCUT2D eigenvalue weighted by molar-refractivity contribution is 5.85. The SMILES string of the molecule is CNCC(=O)N1CCC2(C1)OCCO2.Cl. The number of likely N-dealkylation sites (tertiary alicyclic amines) is 1. The van der Waals surface area contributed by atoms with Crippen LogP contribution in [0.2, 0.25) is 0 Å². The van der Waals surface area contributed by atoms with Gasteiger partial charge < -0.3 is 19.7 Å². The molecule has 2 aliphatic rings. The molecule has 1 amide bonds. The van der Waals surface area contributed by atoms with Crippen LogP contribution in [0.1, 0.15) is 6.42 Å². The Hall–Kier alpha value is -0.360. The molecule has 5 nitrogen and oxygen atoms in total. The first-order valence-corrected chi connectivity index (χ1v) is 4.96. The van der Waals surface area contributed by atoms with Crippen LogP contribution < -0.4 is 5.32 Å². The molecule has 2 fully saturated rings. The molecule has 0 saturated carbocycles. The molecule has 15 heavy (non-hydrogen) atoms. The van der Waals surface area contributed by atoms with Crippen molar-refractivity contribution < 1.29 is 14.3 Å². The lowest BCUT2D eigenvalue weighted by molar-refractivity contribution is -0.152. The van der Waals surface area contributed by atoms with E-state index in [1.54, 1.807) is 11.9 Å². The molecular formula is C9H17ClN2O3. The molecule has 0 radical (unpaired) electrons. The highest BCUT2D eigenvalue weighted by Gasteiger charge is 2.44. The van der Waals surface area contributed by atoms with Crippen molar-refractivity contribution in [3.8, 4) is 0 Å². The normalized spacial score (nSPS) is 23.1. The quantitative estimate of drug-likeness (QED) is 0.709. The topological polar surface area (TPSA) is 50.8 Å². The third-order valence-electron chi connectivity index (χ3n) is 2.69. The Morgan fingerprint density at radius 1 is 1.47 bits per heavy atom. The minimum atomic E-state index is -0.483. The van der Waals surface area contributed by atoms with E-state index < -0.39 is 5.79 Å². The van der Waals surface area contributed by atoms with Crippen molar-refractivity contribution in [2.45, 2.75) is 12.2 Å². The molecule has 0 bridgehead atoms. The summed E-state index contributed by atoms with van der Waals surface area (Å²) in [5.41, 5.74) is 0. The van der Waals surface area contributed by atoms with Crippen molar-refractivity contribution >= 4 is 18.3 Å².